The summed E-state index contributed by atoms with van der Waals surface area (Å²) in [5.41, 5.74) is 1.41. The summed E-state index contributed by atoms with van der Waals surface area (Å²) in [6.45, 7) is 16.5. The number of benzene rings is 4. The van der Waals surface area contributed by atoms with E-state index in [4.69, 9.17) is 30.6 Å². The first-order valence-electron chi connectivity index (χ1n) is 21.9. The Bertz CT molecular complexity index is 2680. The fourth-order valence-corrected chi connectivity index (χ4v) is 10.3. The molecule has 0 aliphatic carbocycles. The van der Waals surface area contributed by atoms with Crippen molar-refractivity contribution < 1.29 is 76.3 Å². The van der Waals surface area contributed by atoms with E-state index in [0.29, 0.717) is 72.0 Å². The lowest BCUT2D eigenvalue weighted by atomic mass is 10.1. The van der Waals surface area contributed by atoms with Crippen molar-refractivity contribution in [2.75, 3.05) is 44.6 Å². The Balaban J connectivity index is 0.000000397. The van der Waals surface area contributed by atoms with Crippen LogP contribution in [-0.2, 0) is 25.0 Å². The van der Waals surface area contributed by atoms with E-state index in [1.807, 2.05) is 0 Å². The third kappa shape index (κ3) is 19.1. The van der Waals surface area contributed by atoms with Crippen LogP contribution in [-0.4, -0.2) is 148 Å². The number of anilines is 1. The number of quaternary nitrogens is 2. The Kier molecular flexibility index (Phi) is 22.3. The lowest BCUT2D eigenvalue weighted by Gasteiger charge is -2.23. The van der Waals surface area contributed by atoms with E-state index in [1.54, 1.807) is 78.8 Å². The Morgan fingerprint density at radius 1 is 0.681 bits per heavy atom. The summed E-state index contributed by atoms with van der Waals surface area (Å²) in [5, 5.41) is 76.5. The lowest BCUT2D eigenvalue weighted by molar-refractivity contribution is -0.908. The van der Waals surface area contributed by atoms with Gasteiger partial charge >= 0.3 is 0 Å². The zero-order chi connectivity index (χ0) is 52.0. The Morgan fingerprint density at radius 3 is 1.58 bits per heavy atom. The summed E-state index contributed by atoms with van der Waals surface area (Å²) in [6, 6.07) is 18.1. The number of aliphatic hydroxyl groups is 7. The molecule has 0 fully saturated rings. The number of thiazole rings is 1. The first kappa shape index (κ1) is 58.5. The molecule has 69 heavy (non-hydrogen) atoms. The zero-order valence-electron chi connectivity index (χ0n) is 39.7. The summed E-state index contributed by atoms with van der Waals surface area (Å²) in [7, 11) is -9.47. The third-order valence-corrected chi connectivity index (χ3v) is 13.0. The largest absolute Gasteiger partial charge is 0.744 e. The van der Waals surface area contributed by atoms with Gasteiger partial charge in [-0.1, -0.05) is 30.3 Å². The van der Waals surface area contributed by atoms with Gasteiger partial charge in [0.2, 0.25) is 0 Å². The second kappa shape index (κ2) is 26.4. The Hall–Kier alpha value is -4.86. The number of aromatic nitrogens is 1. The standard InChI is InChI=1S/C28H22N4O8S3.2C9H21NO3/c1-15-9-14-22-25(26(15)43(38,39)40)41-28(30-22)17-10-12-18(13-11-17)31-32-24(16(2)33)27(34)29-21-7-3-6-20-19(21)5-4-8-23(20)42(35,36)37;2*1-7(11)4-10(5-8(2)12)6-9(3)13/h3-14,33H,1-2H3,(H,29,34)(H,35,36,37)(H,38,39,40);2*7-9,11-13H,4-6H2,1-3H3/b24-16+,32-31?;;. The van der Waals surface area contributed by atoms with Gasteiger partial charge in [-0.2, -0.15) is 5.11 Å². The van der Waals surface area contributed by atoms with Crippen LogP contribution in [0.25, 0.3) is 31.6 Å². The first-order valence-corrected chi connectivity index (χ1v) is 25.5. The van der Waals surface area contributed by atoms with Gasteiger partial charge in [-0.25, -0.2) is 21.8 Å². The van der Waals surface area contributed by atoms with E-state index < -0.39 is 79.1 Å². The van der Waals surface area contributed by atoms with Crippen LogP contribution in [0, 0.1) is 6.92 Å². The van der Waals surface area contributed by atoms with Crippen molar-refractivity contribution in [2.45, 2.75) is 102 Å². The highest BCUT2D eigenvalue weighted by atomic mass is 32.2. The van der Waals surface area contributed by atoms with Gasteiger partial charge in [0.1, 0.15) is 107 Å². The number of nitrogens with zero attached hydrogens (tertiary/aromatic N) is 3. The van der Waals surface area contributed by atoms with Crippen LogP contribution in [0.2, 0.25) is 0 Å². The van der Waals surface area contributed by atoms with Gasteiger partial charge in [-0.3, -0.25) is 4.79 Å². The second-order valence-electron chi connectivity index (χ2n) is 17.1. The summed E-state index contributed by atoms with van der Waals surface area (Å²) in [6.07, 6.45) is -2.38. The SMILES string of the molecule is C/C(O)=C(\N=Nc1ccc(-c2nc3ccc(C)c(S(=O)(=O)[O-])c3s2)cc1)C(=O)Nc1cccc2c(S(=O)(=O)[O-])cccc12.CC(O)C[NH+](CC(C)O)CC(C)O.CC(O)C[NH+](CC(C)O)CC(C)O. The fraction of sp³-hybridized carbons (Fsp3) is 0.435. The van der Waals surface area contributed by atoms with Crippen LogP contribution in [0.4, 0.5) is 11.4 Å². The van der Waals surface area contributed by atoms with Crippen LogP contribution in [0.1, 0.15) is 54.0 Å². The molecule has 10 N–H and O–H groups in total. The van der Waals surface area contributed by atoms with Gasteiger partial charge in [0.15, 0.2) is 5.70 Å². The molecule has 1 aromatic heterocycles. The second-order valence-corrected chi connectivity index (χ2v) is 20.8. The molecule has 1 heterocycles. The van der Waals surface area contributed by atoms with Gasteiger partial charge in [-0.05, 0) is 103 Å². The Labute approximate surface area is 406 Å². The smallest absolute Gasteiger partial charge is 0.279 e. The predicted octanol–water partition coefficient (Wildman–Crippen LogP) is 1.77. The van der Waals surface area contributed by atoms with E-state index in [2.05, 4.69) is 20.5 Å². The van der Waals surface area contributed by atoms with Crippen molar-refractivity contribution in [1.29, 1.82) is 0 Å². The molecule has 5 aromatic rings. The van der Waals surface area contributed by atoms with Crippen LogP contribution < -0.4 is 15.1 Å². The average molecular weight is 1020 g/mol. The normalized spacial score (nSPS) is 15.9. The molecule has 4 aromatic carbocycles. The first-order chi connectivity index (χ1) is 32.1. The predicted molar refractivity (Wildman–Crippen MR) is 259 cm³/mol. The van der Waals surface area contributed by atoms with Crippen LogP contribution >= 0.6 is 11.3 Å². The van der Waals surface area contributed by atoms with E-state index in [1.165, 1.54) is 49.4 Å². The topological polar surface area (TPSA) is 332 Å². The highest BCUT2D eigenvalue weighted by Gasteiger charge is 2.20. The minimum Gasteiger partial charge on any atom is -0.744 e. The number of carbonyl (C=O) groups excluding carboxylic acids is 1. The number of carbonyl (C=O) groups is 1. The summed E-state index contributed by atoms with van der Waals surface area (Å²) in [4.78, 5) is 18.8. The molecule has 0 saturated carbocycles. The number of aliphatic hydroxyl groups excluding tert-OH is 7. The number of allylic oxidation sites excluding steroid dienone is 1. The van der Waals surface area contributed by atoms with Crippen molar-refractivity contribution in [1.82, 2.24) is 4.98 Å². The van der Waals surface area contributed by atoms with Gasteiger partial charge in [-0.15, -0.1) is 16.5 Å². The monoisotopic (exact) mass is 1020 g/mol. The number of nitrogens with one attached hydrogen (secondary N) is 3. The minimum atomic E-state index is -4.77. The van der Waals surface area contributed by atoms with Crippen molar-refractivity contribution in [3.63, 3.8) is 0 Å². The van der Waals surface area contributed by atoms with Gasteiger partial charge in [0, 0.05) is 22.0 Å². The molecule has 380 valence electrons. The number of aryl methyl sites for hydroxylation is 1. The minimum absolute atomic E-state index is 0.123. The number of rotatable bonds is 19. The molecule has 0 saturated heterocycles. The molecule has 0 aliphatic rings. The maximum absolute atomic E-state index is 13.0. The molecule has 0 aliphatic heterocycles. The molecule has 0 bridgehead atoms. The number of hydrogen-bond acceptors (Lipinski definition) is 18. The highest BCUT2D eigenvalue weighted by Crippen LogP contribution is 2.36. The van der Waals surface area contributed by atoms with Crippen molar-refractivity contribution in [2.24, 2.45) is 10.2 Å². The number of hydrogen-bond donors (Lipinski definition) is 10. The maximum atomic E-state index is 13.0. The van der Waals surface area contributed by atoms with Gasteiger partial charge < -0.3 is 60.0 Å². The Morgan fingerprint density at radius 2 is 1.14 bits per heavy atom. The van der Waals surface area contributed by atoms with E-state index in [9.17, 15) is 35.8 Å². The molecule has 0 radical (unpaired) electrons. The third-order valence-electron chi connectivity index (χ3n) is 9.80. The number of azo groups is 1. The highest BCUT2D eigenvalue weighted by molar-refractivity contribution is 7.86. The van der Waals surface area contributed by atoms with Crippen LogP contribution in [0.5, 0.6) is 0 Å². The summed E-state index contributed by atoms with van der Waals surface area (Å²) >= 11 is 1.07. The van der Waals surface area contributed by atoms with E-state index >= 15 is 0 Å². The van der Waals surface area contributed by atoms with Crippen molar-refractivity contribution in [3.8, 4) is 10.6 Å². The number of amides is 1. The fourth-order valence-electron chi connectivity index (χ4n) is 7.36. The van der Waals surface area contributed by atoms with E-state index in [-0.39, 0.29) is 20.7 Å². The molecule has 5 rings (SSSR count). The summed E-state index contributed by atoms with van der Waals surface area (Å²) < 4.78 is 70.7. The van der Waals surface area contributed by atoms with Crippen LogP contribution in [0.3, 0.4) is 0 Å². The molecule has 1 amide bonds. The zero-order valence-corrected chi connectivity index (χ0v) is 42.1. The maximum Gasteiger partial charge on any atom is 0.279 e. The average Bonchev–Trinajstić information content (AvgIpc) is 3.63. The van der Waals surface area contributed by atoms with Crippen molar-refractivity contribution in [3.05, 3.63) is 89.8 Å². The molecule has 0 spiro atoms. The molecule has 20 nitrogen and oxygen atoms in total. The quantitative estimate of drug-likeness (QED) is 0.0244. The molecular formula is C46H64N6O14S3. The molecule has 23 heteroatoms. The molecular weight excluding hydrogens is 957 g/mol. The lowest BCUT2D eigenvalue weighted by Crippen LogP contribution is -3.15. The van der Waals surface area contributed by atoms with Crippen LogP contribution in [0.15, 0.2) is 104 Å². The van der Waals surface area contributed by atoms with Gasteiger partial charge in [0.25, 0.3) is 5.91 Å². The number of fused-ring (bicyclic) bond motifs is 2. The van der Waals surface area contributed by atoms with E-state index in [0.717, 1.165) is 21.1 Å². The molecule has 6 unspecified atom stereocenters. The summed E-state index contributed by atoms with van der Waals surface area (Å²) in [5.74, 6) is -1.27. The van der Waals surface area contributed by atoms with Gasteiger partial charge in [0.05, 0.1) is 25.7 Å². The van der Waals surface area contributed by atoms with Crippen molar-refractivity contribution >= 4 is 69.8 Å². The molecule has 6 atom stereocenters.